The first kappa shape index (κ1) is 13.4. The second-order valence-corrected chi connectivity index (χ2v) is 4.71. The molecule has 0 spiro atoms. The molecule has 92 valence electrons. The van der Waals surface area contributed by atoms with Crippen LogP contribution >= 0.6 is 0 Å². The summed E-state index contributed by atoms with van der Waals surface area (Å²) in [7, 11) is 0. The van der Waals surface area contributed by atoms with Crippen molar-refractivity contribution in [2.45, 2.75) is 39.7 Å². The highest BCUT2D eigenvalue weighted by Crippen LogP contribution is 2.19. The fraction of sp³-hybridized carbons (Fsp3) is 0.500. The van der Waals surface area contributed by atoms with Gasteiger partial charge in [-0.2, -0.15) is 5.26 Å². The van der Waals surface area contributed by atoms with Crippen LogP contribution in [-0.2, 0) is 0 Å². The van der Waals surface area contributed by atoms with Crippen molar-refractivity contribution in [2.24, 2.45) is 5.92 Å². The standard InChI is InChI=1S/C14H21N3/c1-4-10(2)7-11(3)17-13-5-6-14(16)12(8-13)9-15/h5-6,8,10-11,17H,4,7,16H2,1-3H3. The Morgan fingerprint density at radius 2 is 2.12 bits per heavy atom. The lowest BCUT2D eigenvalue weighted by atomic mass is 10.00. The molecule has 0 heterocycles. The minimum atomic E-state index is 0.403. The number of benzene rings is 1. The molecule has 1 rings (SSSR count). The van der Waals surface area contributed by atoms with E-state index in [9.17, 15) is 0 Å². The van der Waals surface area contributed by atoms with Crippen LogP contribution in [0.25, 0.3) is 0 Å². The molecule has 2 unspecified atom stereocenters. The Balaban J connectivity index is 2.66. The Hall–Kier alpha value is -1.69. The lowest BCUT2D eigenvalue weighted by Gasteiger charge is -2.19. The monoisotopic (exact) mass is 231 g/mol. The van der Waals surface area contributed by atoms with Crippen molar-refractivity contribution in [2.75, 3.05) is 11.1 Å². The molecule has 0 saturated carbocycles. The number of anilines is 2. The van der Waals surface area contributed by atoms with E-state index in [4.69, 9.17) is 11.0 Å². The predicted molar refractivity (Wildman–Crippen MR) is 72.7 cm³/mol. The summed E-state index contributed by atoms with van der Waals surface area (Å²) in [5, 5.41) is 12.3. The third-order valence-electron chi connectivity index (χ3n) is 3.04. The molecule has 0 aromatic heterocycles. The van der Waals surface area contributed by atoms with Gasteiger partial charge >= 0.3 is 0 Å². The van der Waals surface area contributed by atoms with E-state index in [0.29, 0.717) is 23.2 Å². The Labute approximate surface area is 104 Å². The summed E-state index contributed by atoms with van der Waals surface area (Å²) in [6.07, 6.45) is 2.32. The van der Waals surface area contributed by atoms with Crippen LogP contribution in [0.5, 0.6) is 0 Å². The van der Waals surface area contributed by atoms with Crippen molar-refractivity contribution < 1.29 is 0 Å². The summed E-state index contributed by atoms with van der Waals surface area (Å²) in [5.41, 5.74) is 7.72. The van der Waals surface area contributed by atoms with Crippen LogP contribution < -0.4 is 11.1 Å². The van der Waals surface area contributed by atoms with Crippen molar-refractivity contribution in [3.8, 4) is 6.07 Å². The molecule has 3 heteroatoms. The van der Waals surface area contributed by atoms with Gasteiger partial charge in [0.05, 0.1) is 5.56 Å². The van der Waals surface area contributed by atoms with Gasteiger partial charge < -0.3 is 11.1 Å². The number of nitrogens with one attached hydrogen (secondary N) is 1. The van der Waals surface area contributed by atoms with Gasteiger partial charge in [-0.1, -0.05) is 20.3 Å². The first-order chi connectivity index (χ1) is 8.06. The number of hydrogen-bond donors (Lipinski definition) is 2. The number of nitrogens with two attached hydrogens (primary N) is 1. The summed E-state index contributed by atoms with van der Waals surface area (Å²) < 4.78 is 0. The smallest absolute Gasteiger partial charge is 0.101 e. The van der Waals surface area contributed by atoms with Gasteiger partial charge in [-0.05, 0) is 37.5 Å². The number of nitrogens with zero attached hydrogens (tertiary/aromatic N) is 1. The average molecular weight is 231 g/mol. The van der Waals surface area contributed by atoms with Gasteiger partial charge in [0.25, 0.3) is 0 Å². The Morgan fingerprint density at radius 3 is 2.71 bits per heavy atom. The molecule has 3 N–H and O–H groups in total. The normalized spacial score (nSPS) is 13.8. The van der Waals surface area contributed by atoms with Crippen molar-refractivity contribution in [3.05, 3.63) is 23.8 Å². The molecular formula is C14H21N3. The minimum Gasteiger partial charge on any atom is -0.398 e. The number of nitrogen functional groups attached to an aromatic ring is 1. The third-order valence-corrected chi connectivity index (χ3v) is 3.04. The maximum atomic E-state index is 8.90. The van der Waals surface area contributed by atoms with Gasteiger partial charge in [-0.3, -0.25) is 0 Å². The van der Waals surface area contributed by atoms with Crippen molar-refractivity contribution in [3.63, 3.8) is 0 Å². The Morgan fingerprint density at radius 1 is 1.41 bits per heavy atom. The molecule has 0 amide bonds. The SMILES string of the molecule is CCC(C)CC(C)Nc1ccc(N)c(C#N)c1. The lowest BCUT2D eigenvalue weighted by Crippen LogP contribution is -2.18. The molecule has 0 radical (unpaired) electrons. The average Bonchev–Trinajstić information content (AvgIpc) is 2.31. The Bertz CT molecular complexity index is 406. The highest BCUT2D eigenvalue weighted by Gasteiger charge is 2.08. The van der Waals surface area contributed by atoms with E-state index in [1.54, 1.807) is 6.07 Å². The van der Waals surface area contributed by atoms with Crippen molar-refractivity contribution in [1.82, 2.24) is 0 Å². The number of hydrogen-bond acceptors (Lipinski definition) is 3. The zero-order chi connectivity index (χ0) is 12.8. The molecular weight excluding hydrogens is 210 g/mol. The minimum absolute atomic E-state index is 0.403. The summed E-state index contributed by atoms with van der Waals surface area (Å²) in [6.45, 7) is 6.62. The van der Waals surface area contributed by atoms with Gasteiger partial charge in [-0.15, -0.1) is 0 Å². The largest absolute Gasteiger partial charge is 0.398 e. The fourth-order valence-electron chi connectivity index (χ4n) is 1.86. The number of nitriles is 1. The highest BCUT2D eigenvalue weighted by molar-refractivity contribution is 5.62. The maximum Gasteiger partial charge on any atom is 0.101 e. The van der Waals surface area contributed by atoms with Gasteiger partial charge in [-0.25, -0.2) is 0 Å². The summed E-state index contributed by atoms with van der Waals surface area (Å²) >= 11 is 0. The van der Waals surface area contributed by atoms with Gasteiger partial charge in [0, 0.05) is 17.4 Å². The molecule has 3 nitrogen and oxygen atoms in total. The van der Waals surface area contributed by atoms with Crippen LogP contribution in [-0.4, -0.2) is 6.04 Å². The maximum absolute atomic E-state index is 8.90. The Kier molecular flexibility index (Phi) is 4.84. The van der Waals surface area contributed by atoms with E-state index in [-0.39, 0.29) is 0 Å². The predicted octanol–water partition coefficient (Wildman–Crippen LogP) is 3.38. The first-order valence-electron chi connectivity index (χ1n) is 6.13. The van der Waals surface area contributed by atoms with Crippen LogP contribution in [0.3, 0.4) is 0 Å². The second-order valence-electron chi connectivity index (χ2n) is 4.71. The van der Waals surface area contributed by atoms with Gasteiger partial charge in [0.2, 0.25) is 0 Å². The lowest BCUT2D eigenvalue weighted by molar-refractivity contribution is 0.484. The molecule has 2 atom stereocenters. The molecule has 0 aliphatic heterocycles. The van der Waals surface area contributed by atoms with Gasteiger partial charge in [0.15, 0.2) is 0 Å². The third kappa shape index (κ3) is 3.99. The molecule has 0 bridgehead atoms. The molecule has 0 fully saturated rings. The first-order valence-corrected chi connectivity index (χ1v) is 6.13. The second kappa shape index (κ2) is 6.15. The highest BCUT2D eigenvalue weighted by atomic mass is 14.9. The van der Waals surface area contributed by atoms with E-state index in [1.807, 2.05) is 12.1 Å². The topological polar surface area (TPSA) is 61.8 Å². The van der Waals surface area contributed by atoms with E-state index < -0.39 is 0 Å². The van der Waals surface area contributed by atoms with E-state index in [2.05, 4.69) is 32.2 Å². The summed E-state index contributed by atoms with van der Waals surface area (Å²) in [4.78, 5) is 0. The van der Waals surface area contributed by atoms with Crippen LogP contribution in [0.2, 0.25) is 0 Å². The van der Waals surface area contributed by atoms with E-state index in [1.165, 1.54) is 6.42 Å². The van der Waals surface area contributed by atoms with Crippen LogP contribution in [0.4, 0.5) is 11.4 Å². The fourth-order valence-corrected chi connectivity index (χ4v) is 1.86. The van der Waals surface area contributed by atoms with Crippen molar-refractivity contribution >= 4 is 11.4 Å². The molecule has 1 aromatic carbocycles. The van der Waals surface area contributed by atoms with E-state index in [0.717, 1.165) is 12.1 Å². The zero-order valence-corrected chi connectivity index (χ0v) is 10.8. The molecule has 0 aliphatic rings. The van der Waals surface area contributed by atoms with E-state index >= 15 is 0 Å². The molecule has 0 saturated heterocycles. The molecule has 0 aliphatic carbocycles. The molecule has 1 aromatic rings. The quantitative estimate of drug-likeness (QED) is 0.764. The molecule has 17 heavy (non-hydrogen) atoms. The van der Waals surface area contributed by atoms with Crippen molar-refractivity contribution in [1.29, 1.82) is 5.26 Å². The summed E-state index contributed by atoms with van der Waals surface area (Å²) in [5.74, 6) is 0.710. The van der Waals surface area contributed by atoms with Crippen LogP contribution in [0.15, 0.2) is 18.2 Å². The van der Waals surface area contributed by atoms with Crippen LogP contribution in [0, 0.1) is 17.2 Å². The number of rotatable bonds is 5. The van der Waals surface area contributed by atoms with Gasteiger partial charge in [0.1, 0.15) is 6.07 Å². The summed E-state index contributed by atoms with van der Waals surface area (Å²) in [6, 6.07) is 8.00. The van der Waals surface area contributed by atoms with Crippen LogP contribution in [0.1, 0.15) is 39.2 Å². The zero-order valence-electron chi connectivity index (χ0n) is 10.8.